The molecule has 2 rings (SSSR count). The van der Waals surface area contributed by atoms with E-state index in [1.807, 2.05) is 0 Å². The SMILES string of the molecule is Cc1cc(C)cc(CN2CCC(N)CC2C)c1. The summed E-state index contributed by atoms with van der Waals surface area (Å²) in [4.78, 5) is 2.55. The lowest BCUT2D eigenvalue weighted by molar-refractivity contribution is 0.140. The van der Waals surface area contributed by atoms with Crippen LogP contribution in [0.5, 0.6) is 0 Å². The van der Waals surface area contributed by atoms with Crippen LogP contribution in [0.15, 0.2) is 18.2 Å². The highest BCUT2D eigenvalue weighted by Crippen LogP contribution is 2.19. The number of aryl methyl sites for hydroxylation is 2. The molecule has 0 saturated carbocycles. The highest BCUT2D eigenvalue weighted by atomic mass is 15.2. The fourth-order valence-corrected chi connectivity index (χ4v) is 2.89. The van der Waals surface area contributed by atoms with E-state index in [0.29, 0.717) is 12.1 Å². The van der Waals surface area contributed by atoms with Crippen LogP contribution in [0, 0.1) is 13.8 Å². The lowest BCUT2D eigenvalue weighted by Gasteiger charge is -2.36. The van der Waals surface area contributed by atoms with Crippen LogP contribution < -0.4 is 5.73 Å². The van der Waals surface area contributed by atoms with Crippen LogP contribution in [-0.4, -0.2) is 23.5 Å². The molecule has 1 aliphatic rings. The molecule has 1 aromatic rings. The first-order valence-electron chi connectivity index (χ1n) is 6.61. The molecule has 2 heteroatoms. The number of benzene rings is 1. The highest BCUT2D eigenvalue weighted by molar-refractivity contribution is 5.28. The average Bonchev–Trinajstić information content (AvgIpc) is 2.21. The second-order valence-corrected chi connectivity index (χ2v) is 5.60. The van der Waals surface area contributed by atoms with Crippen molar-refractivity contribution in [2.45, 2.75) is 52.2 Å². The van der Waals surface area contributed by atoms with Crippen LogP contribution in [0.4, 0.5) is 0 Å². The van der Waals surface area contributed by atoms with Crippen molar-refractivity contribution in [2.75, 3.05) is 6.54 Å². The third-order valence-corrected chi connectivity index (χ3v) is 3.72. The minimum absolute atomic E-state index is 0.403. The summed E-state index contributed by atoms with van der Waals surface area (Å²) in [6.07, 6.45) is 2.26. The lowest BCUT2D eigenvalue weighted by atomic mass is 9.98. The quantitative estimate of drug-likeness (QED) is 0.849. The summed E-state index contributed by atoms with van der Waals surface area (Å²) in [6.45, 7) is 8.84. The van der Waals surface area contributed by atoms with Crippen LogP contribution in [0.3, 0.4) is 0 Å². The molecule has 1 aromatic carbocycles. The molecule has 0 bridgehead atoms. The predicted molar refractivity (Wildman–Crippen MR) is 73.0 cm³/mol. The number of nitrogens with two attached hydrogens (primary N) is 1. The van der Waals surface area contributed by atoms with E-state index in [1.54, 1.807) is 0 Å². The van der Waals surface area contributed by atoms with E-state index < -0.39 is 0 Å². The van der Waals surface area contributed by atoms with Gasteiger partial charge in [0.2, 0.25) is 0 Å². The Morgan fingerprint density at radius 3 is 2.47 bits per heavy atom. The summed E-state index contributed by atoms with van der Waals surface area (Å²) in [7, 11) is 0. The molecular weight excluding hydrogens is 208 g/mol. The van der Waals surface area contributed by atoms with Crippen LogP contribution >= 0.6 is 0 Å². The second-order valence-electron chi connectivity index (χ2n) is 5.60. The monoisotopic (exact) mass is 232 g/mol. The van der Waals surface area contributed by atoms with Gasteiger partial charge >= 0.3 is 0 Å². The standard InChI is InChI=1S/C15H24N2/c1-11-6-12(2)8-14(7-11)10-17-5-4-15(16)9-13(17)3/h6-8,13,15H,4-5,9-10,16H2,1-3H3. The van der Waals surface area contributed by atoms with E-state index in [-0.39, 0.29) is 0 Å². The zero-order valence-electron chi connectivity index (χ0n) is 11.2. The van der Waals surface area contributed by atoms with E-state index in [0.717, 1.165) is 25.9 Å². The molecule has 1 saturated heterocycles. The van der Waals surface area contributed by atoms with E-state index in [4.69, 9.17) is 5.73 Å². The number of hydrogen-bond acceptors (Lipinski definition) is 2. The van der Waals surface area contributed by atoms with Gasteiger partial charge < -0.3 is 5.73 Å². The molecule has 0 radical (unpaired) electrons. The number of nitrogens with zero attached hydrogens (tertiary/aromatic N) is 1. The molecule has 2 unspecified atom stereocenters. The maximum absolute atomic E-state index is 6.00. The molecule has 0 spiro atoms. The minimum atomic E-state index is 0.403. The summed E-state index contributed by atoms with van der Waals surface area (Å²) in [5.74, 6) is 0. The third-order valence-electron chi connectivity index (χ3n) is 3.72. The molecule has 2 atom stereocenters. The third kappa shape index (κ3) is 3.30. The summed E-state index contributed by atoms with van der Waals surface area (Å²) >= 11 is 0. The zero-order chi connectivity index (χ0) is 12.4. The maximum Gasteiger partial charge on any atom is 0.0236 e. The molecule has 94 valence electrons. The van der Waals surface area contributed by atoms with Gasteiger partial charge in [-0.2, -0.15) is 0 Å². The summed E-state index contributed by atoms with van der Waals surface area (Å²) in [6, 6.07) is 7.85. The molecular formula is C15H24N2. The Bertz CT molecular complexity index is 366. The van der Waals surface area contributed by atoms with Gasteiger partial charge in [0.05, 0.1) is 0 Å². The Labute approximate surface area is 105 Å². The Morgan fingerprint density at radius 2 is 1.88 bits per heavy atom. The summed E-state index contributed by atoms with van der Waals surface area (Å²) < 4.78 is 0. The first-order valence-corrected chi connectivity index (χ1v) is 6.61. The fourth-order valence-electron chi connectivity index (χ4n) is 2.89. The molecule has 0 amide bonds. The normalized spacial score (nSPS) is 26.1. The number of likely N-dealkylation sites (tertiary alicyclic amines) is 1. The Kier molecular flexibility index (Phi) is 3.85. The van der Waals surface area contributed by atoms with Crippen LogP contribution in [-0.2, 0) is 6.54 Å². The van der Waals surface area contributed by atoms with Gasteiger partial charge in [-0.3, -0.25) is 4.90 Å². The Hall–Kier alpha value is -0.860. The lowest BCUT2D eigenvalue weighted by Crippen LogP contribution is -2.44. The van der Waals surface area contributed by atoms with E-state index in [2.05, 4.69) is 43.9 Å². The molecule has 1 heterocycles. The molecule has 1 aliphatic heterocycles. The molecule has 17 heavy (non-hydrogen) atoms. The van der Waals surface area contributed by atoms with E-state index in [9.17, 15) is 0 Å². The van der Waals surface area contributed by atoms with Crippen molar-refractivity contribution in [1.29, 1.82) is 0 Å². The molecule has 2 N–H and O–H groups in total. The second kappa shape index (κ2) is 5.19. The van der Waals surface area contributed by atoms with Gasteiger partial charge in [0.15, 0.2) is 0 Å². The largest absolute Gasteiger partial charge is 0.328 e. The number of hydrogen-bond donors (Lipinski definition) is 1. The van der Waals surface area contributed by atoms with E-state index >= 15 is 0 Å². The first kappa shape index (κ1) is 12.6. The predicted octanol–water partition coefficient (Wildman–Crippen LogP) is 2.62. The van der Waals surface area contributed by atoms with Gasteiger partial charge in [-0.1, -0.05) is 29.3 Å². The van der Waals surface area contributed by atoms with Gasteiger partial charge in [0, 0.05) is 25.2 Å². The van der Waals surface area contributed by atoms with Crippen molar-refractivity contribution in [2.24, 2.45) is 5.73 Å². The van der Waals surface area contributed by atoms with Crippen LogP contribution in [0.25, 0.3) is 0 Å². The van der Waals surface area contributed by atoms with Crippen molar-refractivity contribution in [3.8, 4) is 0 Å². The van der Waals surface area contributed by atoms with Crippen molar-refractivity contribution >= 4 is 0 Å². The Morgan fingerprint density at radius 1 is 1.24 bits per heavy atom. The molecule has 0 aliphatic carbocycles. The van der Waals surface area contributed by atoms with E-state index in [1.165, 1.54) is 16.7 Å². The fraction of sp³-hybridized carbons (Fsp3) is 0.600. The van der Waals surface area contributed by atoms with Crippen molar-refractivity contribution in [1.82, 2.24) is 4.90 Å². The highest BCUT2D eigenvalue weighted by Gasteiger charge is 2.22. The maximum atomic E-state index is 6.00. The average molecular weight is 232 g/mol. The van der Waals surface area contributed by atoms with Gasteiger partial charge in [-0.15, -0.1) is 0 Å². The van der Waals surface area contributed by atoms with Crippen molar-refractivity contribution in [3.63, 3.8) is 0 Å². The van der Waals surface area contributed by atoms with Gasteiger partial charge in [0.25, 0.3) is 0 Å². The van der Waals surface area contributed by atoms with Crippen molar-refractivity contribution < 1.29 is 0 Å². The topological polar surface area (TPSA) is 29.3 Å². The summed E-state index contributed by atoms with van der Waals surface area (Å²) in [5.41, 5.74) is 10.2. The zero-order valence-corrected chi connectivity index (χ0v) is 11.2. The van der Waals surface area contributed by atoms with Gasteiger partial charge in [-0.05, 0) is 39.2 Å². The molecule has 1 fully saturated rings. The van der Waals surface area contributed by atoms with Crippen LogP contribution in [0.1, 0.15) is 36.5 Å². The molecule has 2 nitrogen and oxygen atoms in total. The van der Waals surface area contributed by atoms with Gasteiger partial charge in [-0.25, -0.2) is 0 Å². The van der Waals surface area contributed by atoms with Crippen molar-refractivity contribution in [3.05, 3.63) is 34.9 Å². The smallest absolute Gasteiger partial charge is 0.0236 e. The molecule has 0 aromatic heterocycles. The first-order chi connectivity index (χ1) is 8.04. The number of piperidine rings is 1. The summed E-state index contributed by atoms with van der Waals surface area (Å²) in [5, 5.41) is 0. The minimum Gasteiger partial charge on any atom is -0.328 e. The van der Waals surface area contributed by atoms with Gasteiger partial charge in [0.1, 0.15) is 0 Å². The van der Waals surface area contributed by atoms with Crippen LogP contribution in [0.2, 0.25) is 0 Å². The number of rotatable bonds is 2. The Balaban J connectivity index is 2.05.